The number of carbonyl (C=O) groups is 1. The van der Waals surface area contributed by atoms with Crippen LogP contribution >= 0.6 is 27.3 Å². The lowest BCUT2D eigenvalue weighted by Gasteiger charge is -2.31. The van der Waals surface area contributed by atoms with Crippen LogP contribution in [0.5, 0.6) is 0 Å². The quantitative estimate of drug-likeness (QED) is 0.432. The second-order valence-corrected chi connectivity index (χ2v) is 9.52. The van der Waals surface area contributed by atoms with Gasteiger partial charge in [-0.15, -0.1) is 11.3 Å². The van der Waals surface area contributed by atoms with E-state index < -0.39 is 6.61 Å². The molecule has 1 fully saturated rings. The standard InChI is InChI=1S/C22H21BrN6O2S/c23-18-19(13-6-8-28(9-7-13)17(31)12-30)27-21-15(10-26-29(21)20(18)24)16-11-25-22(32-16)14-4-2-1-3-5-14/h1-5,10-11,13,30H,6-9,12,24H2. The molecule has 1 aliphatic heterocycles. The second-order valence-electron chi connectivity index (χ2n) is 7.70. The van der Waals surface area contributed by atoms with Crippen LogP contribution in [0.25, 0.3) is 26.7 Å². The van der Waals surface area contributed by atoms with E-state index in [1.54, 1.807) is 26.9 Å². The number of likely N-dealkylation sites (tertiary alicyclic amines) is 1. The van der Waals surface area contributed by atoms with Crippen molar-refractivity contribution in [2.24, 2.45) is 0 Å². The number of rotatable bonds is 4. The molecule has 0 spiro atoms. The van der Waals surface area contributed by atoms with Crippen molar-refractivity contribution in [3.63, 3.8) is 0 Å². The number of thiazole rings is 1. The molecular formula is C22H21BrN6O2S. The lowest BCUT2D eigenvalue weighted by atomic mass is 9.93. The Balaban J connectivity index is 1.50. The van der Waals surface area contributed by atoms with Crippen LogP contribution in [-0.2, 0) is 4.79 Å². The monoisotopic (exact) mass is 512 g/mol. The summed E-state index contributed by atoms with van der Waals surface area (Å²) in [6.07, 6.45) is 5.15. The van der Waals surface area contributed by atoms with Crippen molar-refractivity contribution in [2.75, 3.05) is 25.4 Å². The first kappa shape index (κ1) is 21.0. The number of anilines is 1. The number of nitrogens with zero attached hydrogens (tertiary/aromatic N) is 5. The molecule has 0 unspecified atom stereocenters. The van der Waals surface area contributed by atoms with Crippen LogP contribution in [0, 0.1) is 0 Å². The first-order chi connectivity index (χ1) is 15.6. The maximum Gasteiger partial charge on any atom is 0.248 e. The molecule has 32 heavy (non-hydrogen) atoms. The number of nitrogens with two attached hydrogens (primary N) is 1. The molecule has 1 aliphatic rings. The Morgan fingerprint density at radius 2 is 1.97 bits per heavy atom. The van der Waals surface area contributed by atoms with E-state index in [0.717, 1.165) is 44.0 Å². The average Bonchev–Trinajstić information content (AvgIpc) is 3.49. The van der Waals surface area contributed by atoms with Crippen molar-refractivity contribution in [1.82, 2.24) is 24.5 Å². The Hall–Kier alpha value is -2.82. The lowest BCUT2D eigenvalue weighted by molar-refractivity contribution is -0.135. The molecule has 3 aromatic heterocycles. The highest BCUT2D eigenvalue weighted by atomic mass is 79.9. The van der Waals surface area contributed by atoms with Gasteiger partial charge in [0.1, 0.15) is 17.4 Å². The summed E-state index contributed by atoms with van der Waals surface area (Å²) < 4.78 is 2.38. The molecule has 1 amide bonds. The molecule has 5 rings (SSSR count). The third kappa shape index (κ3) is 3.68. The van der Waals surface area contributed by atoms with Crippen molar-refractivity contribution in [1.29, 1.82) is 0 Å². The SMILES string of the molecule is Nc1c(Br)c(C2CCN(C(=O)CO)CC2)nc2c(-c3cnc(-c4ccccc4)s3)cnn12. The Kier molecular flexibility index (Phi) is 5.66. The van der Waals surface area contributed by atoms with E-state index in [4.69, 9.17) is 15.8 Å². The van der Waals surface area contributed by atoms with Crippen molar-refractivity contribution in [3.05, 3.63) is 52.9 Å². The van der Waals surface area contributed by atoms with Gasteiger partial charge in [-0.3, -0.25) is 4.79 Å². The number of hydrogen-bond donors (Lipinski definition) is 2. The Bertz CT molecular complexity index is 1280. The number of fused-ring (bicyclic) bond motifs is 1. The summed E-state index contributed by atoms with van der Waals surface area (Å²) in [5.74, 6) is 0.421. The average molecular weight is 513 g/mol. The van der Waals surface area contributed by atoms with Gasteiger partial charge in [0, 0.05) is 30.8 Å². The van der Waals surface area contributed by atoms with E-state index in [-0.39, 0.29) is 11.8 Å². The Morgan fingerprint density at radius 1 is 1.22 bits per heavy atom. The third-order valence-corrected chi connectivity index (χ3v) is 7.70. The van der Waals surface area contributed by atoms with Gasteiger partial charge in [0.25, 0.3) is 0 Å². The van der Waals surface area contributed by atoms with Crippen LogP contribution in [-0.4, -0.2) is 55.2 Å². The molecule has 4 aromatic rings. The van der Waals surface area contributed by atoms with Crippen LogP contribution in [0.15, 0.2) is 47.2 Å². The summed E-state index contributed by atoms with van der Waals surface area (Å²) >= 11 is 5.21. The normalized spacial score (nSPS) is 14.9. The number of aromatic nitrogens is 4. The molecule has 0 atom stereocenters. The van der Waals surface area contributed by atoms with Gasteiger partial charge in [-0.25, -0.2) is 9.97 Å². The smallest absolute Gasteiger partial charge is 0.248 e. The van der Waals surface area contributed by atoms with Gasteiger partial charge >= 0.3 is 0 Å². The van der Waals surface area contributed by atoms with Gasteiger partial charge in [0.05, 0.1) is 26.8 Å². The van der Waals surface area contributed by atoms with Crippen LogP contribution in [0.1, 0.15) is 24.5 Å². The molecule has 10 heteroatoms. The number of aliphatic hydroxyl groups excluding tert-OH is 1. The van der Waals surface area contributed by atoms with Gasteiger partial charge in [-0.2, -0.15) is 9.61 Å². The highest BCUT2D eigenvalue weighted by Crippen LogP contribution is 2.38. The summed E-state index contributed by atoms with van der Waals surface area (Å²) in [5, 5.41) is 14.5. The molecule has 1 aromatic carbocycles. The number of amides is 1. The predicted molar refractivity (Wildman–Crippen MR) is 127 cm³/mol. The number of hydrogen-bond acceptors (Lipinski definition) is 7. The van der Waals surface area contributed by atoms with Gasteiger partial charge in [-0.1, -0.05) is 30.3 Å². The minimum atomic E-state index is -0.454. The molecular weight excluding hydrogens is 492 g/mol. The van der Waals surface area contributed by atoms with Crippen molar-refractivity contribution < 1.29 is 9.90 Å². The Morgan fingerprint density at radius 3 is 2.69 bits per heavy atom. The fourth-order valence-corrected chi connectivity index (χ4v) is 5.58. The first-order valence-corrected chi connectivity index (χ1v) is 11.9. The van der Waals surface area contributed by atoms with Crippen LogP contribution in [0.2, 0.25) is 0 Å². The number of carbonyl (C=O) groups excluding carboxylic acids is 1. The zero-order valence-electron chi connectivity index (χ0n) is 17.1. The number of aliphatic hydroxyl groups is 1. The van der Waals surface area contributed by atoms with Gasteiger partial charge < -0.3 is 15.7 Å². The van der Waals surface area contributed by atoms with Crippen molar-refractivity contribution in [3.8, 4) is 21.0 Å². The maximum atomic E-state index is 11.8. The maximum absolute atomic E-state index is 11.8. The predicted octanol–water partition coefficient (Wildman–Crippen LogP) is 3.56. The summed E-state index contributed by atoms with van der Waals surface area (Å²) in [6, 6.07) is 10.1. The summed E-state index contributed by atoms with van der Waals surface area (Å²) in [5.41, 5.74) is 9.94. The number of nitrogen functional groups attached to an aromatic ring is 1. The fourth-order valence-electron chi connectivity index (χ4n) is 4.07. The van der Waals surface area contributed by atoms with Gasteiger partial charge in [0.2, 0.25) is 5.91 Å². The Labute approximate surface area is 196 Å². The van der Waals surface area contributed by atoms with E-state index in [2.05, 4.69) is 26.0 Å². The second kappa shape index (κ2) is 8.61. The number of benzene rings is 1. The van der Waals surface area contributed by atoms with Crippen LogP contribution < -0.4 is 5.73 Å². The number of piperidine rings is 1. The molecule has 0 radical (unpaired) electrons. The van der Waals surface area contributed by atoms with E-state index >= 15 is 0 Å². The summed E-state index contributed by atoms with van der Waals surface area (Å²) in [6.45, 7) is 0.722. The van der Waals surface area contributed by atoms with E-state index in [1.165, 1.54) is 0 Å². The van der Waals surface area contributed by atoms with Crippen LogP contribution in [0.4, 0.5) is 5.82 Å². The largest absolute Gasteiger partial charge is 0.387 e. The fraction of sp³-hybridized carbons (Fsp3) is 0.273. The molecule has 3 N–H and O–H groups in total. The third-order valence-electron chi connectivity index (χ3n) is 5.81. The molecule has 1 saturated heterocycles. The minimum Gasteiger partial charge on any atom is -0.387 e. The zero-order chi connectivity index (χ0) is 22.2. The summed E-state index contributed by atoms with van der Waals surface area (Å²) in [4.78, 5) is 24.0. The topological polar surface area (TPSA) is 110 Å². The highest BCUT2D eigenvalue weighted by Gasteiger charge is 2.28. The van der Waals surface area contributed by atoms with E-state index in [1.807, 2.05) is 36.5 Å². The minimum absolute atomic E-state index is 0.156. The molecule has 0 bridgehead atoms. The summed E-state index contributed by atoms with van der Waals surface area (Å²) in [7, 11) is 0. The van der Waals surface area contributed by atoms with E-state index in [9.17, 15) is 4.79 Å². The lowest BCUT2D eigenvalue weighted by Crippen LogP contribution is -2.39. The van der Waals surface area contributed by atoms with Gasteiger partial charge in [-0.05, 0) is 28.8 Å². The van der Waals surface area contributed by atoms with Crippen LogP contribution in [0.3, 0.4) is 0 Å². The molecule has 0 saturated carbocycles. The molecule has 8 nitrogen and oxygen atoms in total. The van der Waals surface area contributed by atoms with E-state index in [0.29, 0.717) is 24.6 Å². The molecule has 164 valence electrons. The van der Waals surface area contributed by atoms with Gasteiger partial charge in [0.15, 0.2) is 5.65 Å². The zero-order valence-corrected chi connectivity index (χ0v) is 19.5. The van der Waals surface area contributed by atoms with Crippen molar-refractivity contribution in [2.45, 2.75) is 18.8 Å². The van der Waals surface area contributed by atoms with Crippen molar-refractivity contribution >= 4 is 44.6 Å². The first-order valence-electron chi connectivity index (χ1n) is 10.3. The molecule has 4 heterocycles. The number of halogens is 1. The molecule has 0 aliphatic carbocycles. The highest BCUT2D eigenvalue weighted by molar-refractivity contribution is 9.10.